The summed E-state index contributed by atoms with van der Waals surface area (Å²) >= 11 is 0. The number of para-hydroxylation sites is 1. The minimum atomic E-state index is -0.234. The molecule has 0 atom stereocenters. The van der Waals surface area contributed by atoms with Crippen LogP contribution in [-0.2, 0) is 0 Å². The normalized spacial score (nSPS) is 17.7. The van der Waals surface area contributed by atoms with Crippen molar-refractivity contribution in [1.82, 2.24) is 10.2 Å². The fourth-order valence-corrected chi connectivity index (χ4v) is 6.14. The first-order valence-electron chi connectivity index (χ1n) is 14.0. The van der Waals surface area contributed by atoms with Crippen LogP contribution < -0.4 is 16.0 Å². The second-order valence-corrected chi connectivity index (χ2v) is 10.7. The largest absolute Gasteiger partial charge is 0.355 e. The van der Waals surface area contributed by atoms with Crippen LogP contribution in [0.15, 0.2) is 84.9 Å². The first-order valence-corrected chi connectivity index (χ1v) is 14.0. The Balaban J connectivity index is 1.24. The molecule has 3 N–H and O–H groups in total. The van der Waals surface area contributed by atoms with E-state index in [9.17, 15) is 9.59 Å². The number of hydrogen-bond acceptors (Lipinski definition) is 3. The van der Waals surface area contributed by atoms with Crippen LogP contribution in [0.1, 0.15) is 61.7 Å². The predicted octanol–water partition coefficient (Wildman–Crippen LogP) is 7.20. The summed E-state index contributed by atoms with van der Waals surface area (Å²) in [4.78, 5) is 28.3. The molecule has 0 radical (unpaired) electrons. The molecular formula is C32H38N4O2. The first kappa shape index (κ1) is 25.8. The zero-order chi connectivity index (χ0) is 26.2. The van der Waals surface area contributed by atoms with E-state index in [0.717, 1.165) is 74.2 Å². The van der Waals surface area contributed by atoms with Crippen LogP contribution in [0.2, 0.25) is 0 Å². The minimum absolute atomic E-state index is 0.105. The monoisotopic (exact) mass is 510 g/mol. The number of nitrogens with one attached hydrogen (secondary N) is 3. The summed E-state index contributed by atoms with van der Waals surface area (Å²) in [6, 6.07) is 27.2. The molecule has 1 saturated heterocycles. The van der Waals surface area contributed by atoms with Crippen molar-refractivity contribution in [2.75, 3.05) is 23.7 Å². The molecule has 198 valence electrons. The van der Waals surface area contributed by atoms with Gasteiger partial charge in [0, 0.05) is 41.3 Å². The van der Waals surface area contributed by atoms with Gasteiger partial charge in [-0.25, -0.2) is 4.79 Å². The first-order chi connectivity index (χ1) is 18.6. The molecule has 0 aromatic heterocycles. The van der Waals surface area contributed by atoms with Gasteiger partial charge in [0.15, 0.2) is 0 Å². The number of likely N-dealkylation sites (tertiary alicyclic amines) is 1. The molecule has 3 aromatic rings. The van der Waals surface area contributed by atoms with Gasteiger partial charge in [0.1, 0.15) is 0 Å². The van der Waals surface area contributed by atoms with E-state index in [4.69, 9.17) is 0 Å². The lowest BCUT2D eigenvalue weighted by atomic mass is 9.73. The number of carbonyl (C=O) groups is 2. The van der Waals surface area contributed by atoms with E-state index in [1.165, 1.54) is 12.8 Å². The summed E-state index contributed by atoms with van der Waals surface area (Å²) in [6.07, 6.45) is 8.48. The van der Waals surface area contributed by atoms with E-state index < -0.39 is 0 Å². The number of piperidine rings is 1. The van der Waals surface area contributed by atoms with E-state index in [-0.39, 0.29) is 17.5 Å². The summed E-state index contributed by atoms with van der Waals surface area (Å²) in [5.74, 6) is 0.464. The Morgan fingerprint density at radius 3 is 2.00 bits per heavy atom. The van der Waals surface area contributed by atoms with Gasteiger partial charge >= 0.3 is 6.03 Å². The third-order valence-electron chi connectivity index (χ3n) is 8.13. The Morgan fingerprint density at radius 1 is 0.711 bits per heavy atom. The van der Waals surface area contributed by atoms with Crippen molar-refractivity contribution in [3.05, 3.63) is 90.5 Å². The van der Waals surface area contributed by atoms with Crippen LogP contribution >= 0.6 is 0 Å². The fraction of sp³-hybridized carbons (Fsp3) is 0.375. The third kappa shape index (κ3) is 6.36. The van der Waals surface area contributed by atoms with Crippen LogP contribution in [-0.4, -0.2) is 35.5 Å². The molecule has 1 aliphatic heterocycles. The molecule has 1 saturated carbocycles. The van der Waals surface area contributed by atoms with Gasteiger partial charge in [-0.05, 0) is 74.1 Å². The summed E-state index contributed by atoms with van der Waals surface area (Å²) in [7, 11) is 0. The van der Waals surface area contributed by atoms with Gasteiger partial charge in [0.25, 0.3) is 5.91 Å². The standard InChI is InChI=1S/C32H38N4O2/c37-30(25-12-5-3-6-13-25)36-22-18-26(19-23-36)32(20-9-1-2-10-21-32)35-31(38)34-29-17-11-16-28(24-29)33-27-14-7-4-8-15-27/h3-8,11-17,24,26,33H,1-2,9-10,18-23H2,(H2,34,35,38). The Labute approximate surface area is 225 Å². The second kappa shape index (κ2) is 12.2. The van der Waals surface area contributed by atoms with Crippen molar-refractivity contribution in [3.8, 4) is 0 Å². The second-order valence-electron chi connectivity index (χ2n) is 10.7. The van der Waals surface area contributed by atoms with E-state index in [0.29, 0.717) is 5.92 Å². The molecule has 0 spiro atoms. The maximum atomic E-state index is 13.4. The fourth-order valence-electron chi connectivity index (χ4n) is 6.14. The summed E-state index contributed by atoms with van der Waals surface area (Å²) in [6.45, 7) is 1.47. The predicted molar refractivity (Wildman–Crippen MR) is 154 cm³/mol. The average molecular weight is 511 g/mol. The number of nitrogens with zero attached hydrogens (tertiary/aromatic N) is 1. The summed E-state index contributed by atoms with van der Waals surface area (Å²) in [5.41, 5.74) is 3.20. The molecule has 6 heteroatoms. The van der Waals surface area contributed by atoms with Gasteiger partial charge in [-0.2, -0.15) is 0 Å². The van der Waals surface area contributed by atoms with E-state index in [2.05, 4.69) is 16.0 Å². The number of hydrogen-bond donors (Lipinski definition) is 3. The molecule has 38 heavy (non-hydrogen) atoms. The van der Waals surface area contributed by atoms with Crippen molar-refractivity contribution in [3.63, 3.8) is 0 Å². The van der Waals surface area contributed by atoms with Gasteiger partial charge < -0.3 is 20.9 Å². The van der Waals surface area contributed by atoms with Crippen LogP contribution in [0, 0.1) is 5.92 Å². The van der Waals surface area contributed by atoms with E-state index in [1.54, 1.807) is 0 Å². The molecule has 3 aromatic carbocycles. The van der Waals surface area contributed by atoms with Crippen LogP contribution in [0.5, 0.6) is 0 Å². The van der Waals surface area contributed by atoms with Crippen LogP contribution in [0.25, 0.3) is 0 Å². The molecule has 2 fully saturated rings. The maximum Gasteiger partial charge on any atom is 0.319 e. The third-order valence-corrected chi connectivity index (χ3v) is 8.13. The van der Waals surface area contributed by atoms with Crippen LogP contribution in [0.3, 0.4) is 0 Å². The topological polar surface area (TPSA) is 73.5 Å². The van der Waals surface area contributed by atoms with E-state index >= 15 is 0 Å². The van der Waals surface area contributed by atoms with Gasteiger partial charge in [-0.1, -0.05) is 68.1 Å². The highest BCUT2D eigenvalue weighted by atomic mass is 16.2. The SMILES string of the molecule is O=C(Nc1cccc(Nc2ccccc2)c1)NC1(C2CCN(C(=O)c3ccccc3)CC2)CCCCCC1. The molecule has 1 aliphatic carbocycles. The zero-order valence-corrected chi connectivity index (χ0v) is 22.0. The summed E-state index contributed by atoms with van der Waals surface area (Å²) in [5, 5.41) is 9.94. The summed E-state index contributed by atoms with van der Waals surface area (Å²) < 4.78 is 0. The maximum absolute atomic E-state index is 13.4. The minimum Gasteiger partial charge on any atom is -0.355 e. The molecule has 5 rings (SSSR count). The Kier molecular flexibility index (Phi) is 8.27. The van der Waals surface area contributed by atoms with Crippen molar-refractivity contribution in [2.24, 2.45) is 5.92 Å². The Bertz CT molecular complexity index is 1200. The molecule has 3 amide bonds. The molecule has 0 bridgehead atoms. The number of urea groups is 1. The van der Waals surface area contributed by atoms with Gasteiger partial charge in [-0.3, -0.25) is 4.79 Å². The van der Waals surface area contributed by atoms with Crippen molar-refractivity contribution < 1.29 is 9.59 Å². The molecule has 6 nitrogen and oxygen atoms in total. The van der Waals surface area contributed by atoms with Crippen LogP contribution in [0.4, 0.5) is 21.9 Å². The number of anilines is 3. The lowest BCUT2D eigenvalue weighted by Gasteiger charge is -2.45. The number of benzene rings is 3. The smallest absolute Gasteiger partial charge is 0.319 e. The van der Waals surface area contributed by atoms with E-state index in [1.807, 2.05) is 89.8 Å². The molecule has 1 heterocycles. The quantitative estimate of drug-likeness (QED) is 0.307. The molecule has 2 aliphatic rings. The van der Waals surface area contributed by atoms with Gasteiger partial charge in [-0.15, -0.1) is 0 Å². The molecular weight excluding hydrogens is 472 g/mol. The Hall–Kier alpha value is -3.80. The van der Waals surface area contributed by atoms with Crippen molar-refractivity contribution in [2.45, 2.75) is 56.9 Å². The van der Waals surface area contributed by atoms with Gasteiger partial charge in [0.2, 0.25) is 0 Å². The lowest BCUT2D eigenvalue weighted by Crippen LogP contribution is -2.57. The van der Waals surface area contributed by atoms with Crippen molar-refractivity contribution in [1.29, 1.82) is 0 Å². The number of rotatable bonds is 6. The number of carbonyl (C=O) groups excluding carboxylic acids is 2. The Morgan fingerprint density at radius 2 is 1.32 bits per heavy atom. The molecule has 0 unspecified atom stereocenters. The highest BCUT2D eigenvalue weighted by molar-refractivity contribution is 5.94. The lowest BCUT2D eigenvalue weighted by molar-refractivity contribution is 0.0594. The zero-order valence-electron chi connectivity index (χ0n) is 22.0. The average Bonchev–Trinajstić information content (AvgIpc) is 3.20. The van der Waals surface area contributed by atoms with Crippen molar-refractivity contribution >= 4 is 29.0 Å². The highest BCUT2D eigenvalue weighted by Crippen LogP contribution is 2.39. The van der Waals surface area contributed by atoms with Gasteiger partial charge in [0.05, 0.1) is 0 Å². The highest BCUT2D eigenvalue weighted by Gasteiger charge is 2.42. The number of amides is 3.